The summed E-state index contributed by atoms with van der Waals surface area (Å²) in [6.07, 6.45) is 6.43. The second-order valence-electron chi connectivity index (χ2n) is 8.76. The minimum absolute atomic E-state index is 0.0432. The quantitative estimate of drug-likeness (QED) is 0.683. The molecule has 0 heterocycles. The number of benzene rings is 1. The number of amides is 1. The van der Waals surface area contributed by atoms with Crippen LogP contribution in [0.25, 0.3) is 0 Å². The SMILES string of the molecule is CC(=O)c1cccc(S(=O)(=O)NCCC(=O)NC2C3CC4CC(C3)CC2C4)c1. The standard InChI is InChI=1S/C21H28N2O4S/c1-13(24)16-3-2-4-19(12-16)28(26,27)22-6-5-20(25)23-21-17-8-14-7-15(10-17)11-18(21)9-14/h2-4,12,14-15,17-18,21-22H,5-11H2,1H3,(H,23,25). The molecule has 152 valence electrons. The van der Waals surface area contributed by atoms with Crippen LogP contribution in [0.2, 0.25) is 0 Å². The van der Waals surface area contributed by atoms with Gasteiger partial charge in [-0.3, -0.25) is 9.59 Å². The van der Waals surface area contributed by atoms with Crippen LogP contribution < -0.4 is 10.0 Å². The Hall–Kier alpha value is -1.73. The molecule has 0 saturated heterocycles. The first-order valence-corrected chi connectivity index (χ1v) is 11.7. The number of ketones is 1. The molecule has 1 amide bonds. The molecule has 0 aliphatic heterocycles. The third-order valence-corrected chi connectivity index (χ3v) is 8.21. The van der Waals surface area contributed by atoms with Gasteiger partial charge in [-0.2, -0.15) is 0 Å². The van der Waals surface area contributed by atoms with Gasteiger partial charge in [0.05, 0.1) is 4.90 Å². The van der Waals surface area contributed by atoms with Crippen molar-refractivity contribution >= 4 is 21.7 Å². The van der Waals surface area contributed by atoms with E-state index in [9.17, 15) is 18.0 Å². The Kier molecular flexibility index (Phi) is 5.31. The third-order valence-electron chi connectivity index (χ3n) is 6.75. The van der Waals surface area contributed by atoms with Gasteiger partial charge in [-0.25, -0.2) is 13.1 Å². The predicted octanol–water partition coefficient (Wildman–Crippen LogP) is 2.50. The number of nitrogens with one attached hydrogen (secondary N) is 2. The van der Waals surface area contributed by atoms with Crippen molar-refractivity contribution in [2.75, 3.05) is 6.54 Å². The van der Waals surface area contributed by atoms with E-state index in [0.29, 0.717) is 17.4 Å². The highest BCUT2D eigenvalue weighted by Crippen LogP contribution is 2.53. The highest BCUT2D eigenvalue weighted by atomic mass is 32.2. The summed E-state index contributed by atoms with van der Waals surface area (Å²) in [6, 6.07) is 6.21. The summed E-state index contributed by atoms with van der Waals surface area (Å²) >= 11 is 0. The predicted molar refractivity (Wildman–Crippen MR) is 105 cm³/mol. The van der Waals surface area contributed by atoms with Crippen molar-refractivity contribution < 1.29 is 18.0 Å². The van der Waals surface area contributed by atoms with Crippen molar-refractivity contribution in [1.29, 1.82) is 0 Å². The molecule has 4 saturated carbocycles. The molecule has 4 bridgehead atoms. The molecule has 4 aliphatic carbocycles. The molecule has 1 aromatic rings. The van der Waals surface area contributed by atoms with E-state index < -0.39 is 10.0 Å². The second kappa shape index (κ2) is 7.59. The fraction of sp³-hybridized carbons (Fsp3) is 0.619. The van der Waals surface area contributed by atoms with Gasteiger partial charge in [0.1, 0.15) is 0 Å². The van der Waals surface area contributed by atoms with Crippen LogP contribution in [0.3, 0.4) is 0 Å². The summed E-state index contributed by atoms with van der Waals surface area (Å²) in [5.74, 6) is 2.64. The van der Waals surface area contributed by atoms with Gasteiger partial charge in [-0.1, -0.05) is 12.1 Å². The number of sulfonamides is 1. The minimum atomic E-state index is -3.74. The lowest BCUT2D eigenvalue weighted by Crippen LogP contribution is -2.56. The van der Waals surface area contributed by atoms with Gasteiger partial charge in [-0.15, -0.1) is 0 Å². The number of carbonyl (C=O) groups excluding carboxylic acids is 2. The zero-order valence-electron chi connectivity index (χ0n) is 16.2. The largest absolute Gasteiger partial charge is 0.353 e. The van der Waals surface area contributed by atoms with Crippen molar-refractivity contribution in [3.63, 3.8) is 0 Å². The van der Waals surface area contributed by atoms with Gasteiger partial charge in [0.25, 0.3) is 0 Å². The Morgan fingerprint density at radius 1 is 1.04 bits per heavy atom. The van der Waals surface area contributed by atoms with Gasteiger partial charge in [0.2, 0.25) is 15.9 Å². The van der Waals surface area contributed by atoms with E-state index in [1.807, 2.05) is 0 Å². The van der Waals surface area contributed by atoms with Gasteiger partial charge >= 0.3 is 0 Å². The lowest BCUT2D eigenvalue weighted by Gasteiger charge is -2.54. The normalized spacial score (nSPS) is 31.0. The van der Waals surface area contributed by atoms with Crippen molar-refractivity contribution in [3.8, 4) is 0 Å². The van der Waals surface area contributed by atoms with E-state index in [1.54, 1.807) is 12.1 Å². The van der Waals surface area contributed by atoms with Crippen LogP contribution in [0.4, 0.5) is 0 Å². The summed E-state index contributed by atoms with van der Waals surface area (Å²) in [5, 5.41) is 3.19. The molecule has 1 aromatic carbocycles. The lowest BCUT2D eigenvalue weighted by atomic mass is 9.54. The van der Waals surface area contributed by atoms with Crippen LogP contribution >= 0.6 is 0 Å². The number of carbonyl (C=O) groups is 2. The zero-order chi connectivity index (χ0) is 19.9. The summed E-state index contributed by atoms with van der Waals surface area (Å²) in [4.78, 5) is 23.9. The van der Waals surface area contributed by atoms with Crippen LogP contribution in [0.1, 0.15) is 55.8 Å². The molecule has 4 aliphatic rings. The minimum Gasteiger partial charge on any atom is -0.353 e. The second-order valence-corrected chi connectivity index (χ2v) is 10.5. The van der Waals surface area contributed by atoms with E-state index in [2.05, 4.69) is 10.0 Å². The third kappa shape index (κ3) is 4.01. The molecule has 0 unspecified atom stereocenters. The van der Waals surface area contributed by atoms with Crippen molar-refractivity contribution in [2.24, 2.45) is 23.7 Å². The van der Waals surface area contributed by atoms with E-state index in [0.717, 1.165) is 11.8 Å². The highest BCUT2D eigenvalue weighted by molar-refractivity contribution is 7.89. The van der Waals surface area contributed by atoms with E-state index in [-0.39, 0.29) is 35.6 Å². The smallest absolute Gasteiger partial charge is 0.240 e. The Morgan fingerprint density at radius 2 is 1.68 bits per heavy atom. The molecule has 6 nitrogen and oxygen atoms in total. The fourth-order valence-electron chi connectivity index (χ4n) is 5.68. The number of hydrogen-bond donors (Lipinski definition) is 2. The van der Waals surface area contributed by atoms with E-state index in [4.69, 9.17) is 0 Å². The monoisotopic (exact) mass is 404 g/mol. The fourth-order valence-corrected chi connectivity index (χ4v) is 6.76. The summed E-state index contributed by atoms with van der Waals surface area (Å²) < 4.78 is 27.3. The summed E-state index contributed by atoms with van der Waals surface area (Å²) in [6.45, 7) is 1.44. The zero-order valence-corrected chi connectivity index (χ0v) is 17.0. The molecule has 0 radical (unpaired) electrons. The number of hydrogen-bond acceptors (Lipinski definition) is 4. The van der Waals surface area contributed by atoms with Crippen LogP contribution in [-0.2, 0) is 14.8 Å². The molecule has 5 rings (SSSR count). The first kappa shape index (κ1) is 19.6. The Bertz CT molecular complexity index is 852. The lowest BCUT2D eigenvalue weighted by molar-refractivity contribution is -0.124. The average molecular weight is 405 g/mol. The van der Waals surface area contributed by atoms with Crippen molar-refractivity contribution in [2.45, 2.75) is 56.4 Å². The first-order chi connectivity index (χ1) is 13.3. The van der Waals surface area contributed by atoms with Crippen molar-refractivity contribution in [3.05, 3.63) is 29.8 Å². The molecule has 0 spiro atoms. The Labute approximate surface area is 166 Å². The van der Waals surface area contributed by atoms with Gasteiger partial charge in [0, 0.05) is 24.6 Å². The molecule has 4 fully saturated rings. The summed E-state index contributed by atoms with van der Waals surface area (Å²) in [5.41, 5.74) is 0.350. The van der Waals surface area contributed by atoms with Gasteiger partial charge in [-0.05, 0) is 74.8 Å². The molecule has 0 atom stereocenters. The molecule has 0 aromatic heterocycles. The van der Waals surface area contributed by atoms with Crippen LogP contribution in [0.5, 0.6) is 0 Å². The number of rotatable bonds is 7. The average Bonchev–Trinajstić information content (AvgIpc) is 2.64. The highest BCUT2D eigenvalue weighted by Gasteiger charge is 2.48. The maximum atomic E-state index is 12.4. The molecular formula is C21H28N2O4S. The van der Waals surface area contributed by atoms with Crippen LogP contribution in [-0.4, -0.2) is 32.7 Å². The van der Waals surface area contributed by atoms with Crippen LogP contribution in [0.15, 0.2) is 29.2 Å². The van der Waals surface area contributed by atoms with Gasteiger partial charge < -0.3 is 5.32 Å². The maximum absolute atomic E-state index is 12.4. The topological polar surface area (TPSA) is 92.3 Å². The Morgan fingerprint density at radius 3 is 2.29 bits per heavy atom. The molecule has 7 heteroatoms. The van der Waals surface area contributed by atoms with Crippen LogP contribution in [0, 0.1) is 23.7 Å². The van der Waals surface area contributed by atoms with Crippen molar-refractivity contribution in [1.82, 2.24) is 10.0 Å². The number of Topliss-reactive ketones (excluding diaryl/α,β-unsaturated/α-hetero) is 1. The van der Waals surface area contributed by atoms with E-state index >= 15 is 0 Å². The molecule has 28 heavy (non-hydrogen) atoms. The first-order valence-electron chi connectivity index (χ1n) is 10.2. The van der Waals surface area contributed by atoms with E-state index in [1.165, 1.54) is 51.2 Å². The maximum Gasteiger partial charge on any atom is 0.240 e. The summed E-state index contributed by atoms with van der Waals surface area (Å²) in [7, 11) is -3.74. The molecule has 2 N–H and O–H groups in total. The van der Waals surface area contributed by atoms with Gasteiger partial charge in [0.15, 0.2) is 5.78 Å². The molecular weight excluding hydrogens is 376 g/mol. The Balaban J connectivity index is 1.29.